The van der Waals surface area contributed by atoms with Gasteiger partial charge in [0.15, 0.2) is 9.84 Å². The van der Waals surface area contributed by atoms with Crippen molar-refractivity contribution in [3.8, 4) is 5.75 Å². The first-order valence-corrected chi connectivity index (χ1v) is 17.1. The summed E-state index contributed by atoms with van der Waals surface area (Å²) in [6.07, 6.45) is -10.3. The van der Waals surface area contributed by atoms with E-state index in [-0.39, 0.29) is 58.9 Å². The number of hydrogen-bond donors (Lipinski definition) is 1. The molecule has 250 valence electrons. The fourth-order valence-corrected chi connectivity index (χ4v) is 10.7. The number of benzene rings is 2. The van der Waals surface area contributed by atoms with Gasteiger partial charge in [-0.1, -0.05) is 18.7 Å². The molecule has 4 aliphatic rings. The highest BCUT2D eigenvalue weighted by Gasteiger charge is 2.74. The highest BCUT2D eigenvalue weighted by atomic mass is 127. The summed E-state index contributed by atoms with van der Waals surface area (Å²) >= 11 is 1.98. The number of aliphatic hydroxyl groups excluding tert-OH is 1. The normalized spacial score (nSPS) is 29.6. The monoisotopic (exact) mass is 787 g/mol. The topological polar surface area (TPSA) is 83.9 Å². The Labute approximate surface area is 274 Å². The van der Waals surface area contributed by atoms with Crippen molar-refractivity contribution in [2.75, 3.05) is 13.2 Å². The molecule has 1 N–H and O–H groups in total. The van der Waals surface area contributed by atoms with Gasteiger partial charge in [0.05, 0.1) is 16.7 Å². The van der Waals surface area contributed by atoms with Crippen LogP contribution in [-0.4, -0.2) is 55.9 Å². The van der Waals surface area contributed by atoms with E-state index in [0.29, 0.717) is 35.3 Å². The molecule has 2 aliphatic carbocycles. The number of carbonyl (C=O) groups excluding carboxylic acids is 1. The van der Waals surface area contributed by atoms with E-state index >= 15 is 4.39 Å². The number of aliphatic hydroxyl groups is 1. The number of sulfone groups is 1. The van der Waals surface area contributed by atoms with Crippen LogP contribution in [0.2, 0.25) is 0 Å². The molecule has 6 nitrogen and oxygen atoms in total. The van der Waals surface area contributed by atoms with Crippen molar-refractivity contribution >= 4 is 38.3 Å². The molecule has 1 spiro atoms. The van der Waals surface area contributed by atoms with E-state index < -0.39 is 62.5 Å². The van der Waals surface area contributed by atoms with Gasteiger partial charge in [0.1, 0.15) is 17.1 Å². The fourth-order valence-electron chi connectivity index (χ4n) is 7.98. The number of fused-ring (bicyclic) bond motifs is 3. The molecule has 6 rings (SSSR count). The van der Waals surface area contributed by atoms with Gasteiger partial charge in [-0.3, -0.25) is 4.79 Å². The maximum atomic E-state index is 15.0. The third kappa shape index (κ3) is 4.75. The molecule has 3 fully saturated rings. The smallest absolute Gasteiger partial charge is 0.435 e. The lowest BCUT2D eigenvalue weighted by atomic mass is 9.47. The summed E-state index contributed by atoms with van der Waals surface area (Å²) in [6, 6.07) is 5.95. The van der Waals surface area contributed by atoms with Crippen LogP contribution in [0.1, 0.15) is 49.7 Å². The van der Waals surface area contributed by atoms with E-state index in [4.69, 9.17) is 4.74 Å². The molecule has 2 saturated carbocycles. The Bertz CT molecular complexity index is 1670. The van der Waals surface area contributed by atoms with Crippen LogP contribution in [0, 0.1) is 20.8 Å². The second-order valence-electron chi connectivity index (χ2n) is 12.9. The molecule has 2 atom stereocenters. The first-order chi connectivity index (χ1) is 21.3. The van der Waals surface area contributed by atoms with Crippen molar-refractivity contribution in [2.45, 2.75) is 72.2 Å². The summed E-state index contributed by atoms with van der Waals surface area (Å²) in [7, 11) is -4.49. The summed E-state index contributed by atoms with van der Waals surface area (Å²) in [4.78, 5) is 15.2. The molecule has 46 heavy (non-hydrogen) atoms. The number of halogens is 8. The number of hydrogen-bond acceptors (Lipinski definition) is 5. The molecule has 0 radical (unpaired) electrons. The van der Waals surface area contributed by atoms with E-state index in [1.54, 1.807) is 12.1 Å². The number of allylic oxidation sites excluding steroid dienone is 1. The van der Waals surface area contributed by atoms with Gasteiger partial charge in [-0.05, 0) is 96.9 Å². The molecule has 1 saturated heterocycles. The lowest BCUT2D eigenvalue weighted by Crippen LogP contribution is -2.65. The Balaban J connectivity index is 1.43. The molecule has 15 heteroatoms. The minimum atomic E-state index is -6.37. The Morgan fingerprint density at radius 2 is 1.54 bits per heavy atom. The van der Waals surface area contributed by atoms with Gasteiger partial charge in [-0.2, -0.15) is 26.3 Å². The summed E-state index contributed by atoms with van der Waals surface area (Å²) in [5.74, 6) is -1.31. The molecule has 1 amide bonds. The van der Waals surface area contributed by atoms with Crippen molar-refractivity contribution in [3.63, 3.8) is 0 Å². The van der Waals surface area contributed by atoms with Crippen LogP contribution >= 0.6 is 22.6 Å². The molecule has 2 aromatic carbocycles. The lowest BCUT2D eigenvalue weighted by Gasteiger charge is -2.59. The largest absolute Gasteiger partial charge is 0.513 e. The van der Waals surface area contributed by atoms with E-state index in [9.17, 15) is 44.7 Å². The third-order valence-electron chi connectivity index (χ3n) is 10.3. The van der Waals surface area contributed by atoms with Gasteiger partial charge in [0, 0.05) is 33.1 Å². The van der Waals surface area contributed by atoms with Crippen molar-refractivity contribution in [2.24, 2.45) is 17.3 Å². The van der Waals surface area contributed by atoms with E-state index in [1.807, 2.05) is 22.6 Å². The average Bonchev–Trinajstić information content (AvgIpc) is 2.93. The minimum Gasteiger partial charge on any atom is -0.513 e. The van der Waals surface area contributed by atoms with Gasteiger partial charge >= 0.3 is 18.0 Å². The zero-order valence-electron chi connectivity index (χ0n) is 24.1. The fraction of sp³-hybridized carbons (Fsp3) is 0.516. The molecular formula is C31H29F7INO5S. The standard InChI is InChI=1S/C31H29F7INO5S/c1-17(41)18-12-27(13-18)14-19(15-27)26(42)40-10-2-9-28(46(43,44)22-6-4-21(39)5-7-22)23-8-3-20(11-24(23)45-16-25(28)40)29(32,30(33,34)35)31(36,37)38/h3-8,11,18-19,25,41H,1-2,9-10,12-16H2. The number of amides is 1. The van der Waals surface area contributed by atoms with Crippen LogP contribution in [0.3, 0.4) is 0 Å². The molecular weight excluding hydrogens is 758 g/mol. The zero-order chi connectivity index (χ0) is 33.7. The SMILES string of the molecule is C=C(O)C1CC2(C1)CC(C(=O)N1CCCC3(S(=O)(=O)c4ccc(I)cc4)c4ccc(C(F)(C(F)(F)F)C(F)(F)F)cc4OCC13)C2. The number of ether oxygens (including phenoxy) is 1. The maximum Gasteiger partial charge on any atom is 0.435 e. The highest BCUT2D eigenvalue weighted by Crippen LogP contribution is 2.63. The van der Waals surface area contributed by atoms with Crippen LogP contribution in [0.15, 0.2) is 59.7 Å². The Morgan fingerprint density at radius 1 is 0.957 bits per heavy atom. The van der Waals surface area contributed by atoms with Gasteiger partial charge in [-0.15, -0.1) is 0 Å². The molecule has 2 aliphatic heterocycles. The lowest BCUT2D eigenvalue weighted by molar-refractivity contribution is -0.348. The minimum absolute atomic E-state index is 0.0383. The number of rotatable bonds is 5. The van der Waals surface area contributed by atoms with Crippen LogP contribution in [0.5, 0.6) is 5.75 Å². The summed E-state index contributed by atoms with van der Waals surface area (Å²) in [5.41, 5.74) is -7.88. The summed E-state index contributed by atoms with van der Waals surface area (Å²) in [5, 5.41) is 9.69. The first-order valence-electron chi connectivity index (χ1n) is 14.6. The molecule has 0 aromatic heterocycles. The van der Waals surface area contributed by atoms with Crippen LogP contribution in [0.4, 0.5) is 30.7 Å². The zero-order valence-corrected chi connectivity index (χ0v) is 27.1. The summed E-state index contributed by atoms with van der Waals surface area (Å²) < 4.78 is 130. The predicted molar refractivity (Wildman–Crippen MR) is 159 cm³/mol. The highest BCUT2D eigenvalue weighted by molar-refractivity contribution is 14.1. The Kier molecular flexibility index (Phi) is 7.77. The van der Waals surface area contributed by atoms with Crippen molar-refractivity contribution in [1.29, 1.82) is 0 Å². The Morgan fingerprint density at radius 3 is 2.11 bits per heavy atom. The van der Waals surface area contributed by atoms with Crippen LogP contribution in [0.25, 0.3) is 0 Å². The maximum absolute atomic E-state index is 15.0. The van der Waals surface area contributed by atoms with Crippen LogP contribution < -0.4 is 4.74 Å². The number of nitrogens with zero attached hydrogens (tertiary/aromatic N) is 1. The van der Waals surface area contributed by atoms with Gasteiger partial charge < -0.3 is 14.7 Å². The Hall–Kier alpha value is -2.56. The average molecular weight is 788 g/mol. The number of likely N-dealkylation sites (tertiary alicyclic amines) is 1. The van der Waals surface area contributed by atoms with Gasteiger partial charge in [-0.25, -0.2) is 12.8 Å². The van der Waals surface area contributed by atoms with Gasteiger partial charge in [0.25, 0.3) is 0 Å². The first kappa shape index (κ1) is 33.3. The second-order valence-corrected chi connectivity index (χ2v) is 16.3. The van der Waals surface area contributed by atoms with E-state index in [2.05, 4.69) is 6.58 Å². The second kappa shape index (κ2) is 10.7. The molecule has 2 aromatic rings. The van der Waals surface area contributed by atoms with Crippen molar-refractivity contribution in [3.05, 3.63) is 69.5 Å². The van der Waals surface area contributed by atoms with E-state index in [1.165, 1.54) is 17.0 Å². The van der Waals surface area contributed by atoms with E-state index in [0.717, 1.165) is 6.07 Å². The molecule has 2 heterocycles. The van der Waals surface area contributed by atoms with Crippen molar-refractivity contribution in [1.82, 2.24) is 4.90 Å². The quantitative estimate of drug-likeness (QED) is 0.193. The number of carbonyl (C=O) groups is 1. The molecule has 2 unspecified atom stereocenters. The molecule has 0 bridgehead atoms. The third-order valence-corrected chi connectivity index (χ3v) is 13.6. The van der Waals surface area contributed by atoms with Crippen molar-refractivity contribution < 1.29 is 53.8 Å². The number of alkyl halides is 7. The predicted octanol–water partition coefficient (Wildman–Crippen LogP) is 7.51. The van der Waals surface area contributed by atoms with Gasteiger partial charge in [0.2, 0.25) is 5.91 Å². The summed E-state index contributed by atoms with van der Waals surface area (Å²) in [6.45, 7) is 3.19. The van der Waals surface area contributed by atoms with Crippen LogP contribution in [-0.2, 0) is 25.0 Å². The number of piperidine rings is 1.